The summed E-state index contributed by atoms with van der Waals surface area (Å²) in [4.78, 5) is 0. The van der Waals surface area contributed by atoms with E-state index in [4.69, 9.17) is 4.65 Å². The third-order valence-electron chi connectivity index (χ3n) is 2.75. The van der Waals surface area contributed by atoms with E-state index >= 15 is 0 Å². The molecule has 13 heavy (non-hydrogen) atoms. The van der Waals surface area contributed by atoms with Gasteiger partial charge in [-0.25, -0.2) is 0 Å². The molecule has 1 atom stereocenters. The summed E-state index contributed by atoms with van der Waals surface area (Å²) in [5, 5.41) is 12.5. The summed E-state index contributed by atoms with van der Waals surface area (Å²) in [6.07, 6.45) is 3.24. The van der Waals surface area contributed by atoms with Gasteiger partial charge in [0.1, 0.15) is 0 Å². The Morgan fingerprint density at radius 2 is 2.23 bits per heavy atom. The van der Waals surface area contributed by atoms with Crippen LogP contribution in [0.25, 0.3) is 0 Å². The fourth-order valence-corrected chi connectivity index (χ4v) is 2.09. The minimum Gasteiger partial charge on any atom is -0.427 e. The third kappa shape index (κ3) is 2.69. The van der Waals surface area contributed by atoms with E-state index in [1.165, 1.54) is 12.8 Å². The molecule has 2 aliphatic rings. The molecule has 0 amide bonds. The van der Waals surface area contributed by atoms with E-state index in [9.17, 15) is 5.02 Å². The molecule has 0 aromatic rings. The molecular formula is C9H20BNO2. The fraction of sp³-hybridized carbons (Fsp3) is 1.00. The van der Waals surface area contributed by atoms with Crippen LogP contribution in [0.3, 0.4) is 0 Å². The summed E-state index contributed by atoms with van der Waals surface area (Å²) < 4.78 is 5.16. The number of nitrogens with one attached hydrogen (secondary N) is 1. The number of rotatable bonds is 0. The van der Waals surface area contributed by atoms with E-state index in [1.54, 1.807) is 0 Å². The van der Waals surface area contributed by atoms with Gasteiger partial charge in [-0.15, -0.1) is 0 Å². The highest BCUT2D eigenvalue weighted by molar-refractivity contribution is 6.43. The van der Waals surface area contributed by atoms with Crippen LogP contribution in [0.5, 0.6) is 0 Å². The van der Waals surface area contributed by atoms with Crippen LogP contribution >= 0.6 is 0 Å². The van der Waals surface area contributed by atoms with Gasteiger partial charge >= 0.3 is 7.12 Å². The molecule has 0 saturated carbocycles. The zero-order chi connectivity index (χ0) is 9.73. The highest BCUT2D eigenvalue weighted by Crippen LogP contribution is 2.36. The second-order valence-electron chi connectivity index (χ2n) is 3.75. The van der Waals surface area contributed by atoms with Crippen LogP contribution < -0.4 is 5.32 Å². The SMILES string of the molecule is CC.OB1CC2(CCCNC2)CO1. The topological polar surface area (TPSA) is 41.5 Å². The Labute approximate surface area is 81.0 Å². The molecule has 1 spiro atoms. The zero-order valence-electron chi connectivity index (χ0n) is 8.68. The smallest absolute Gasteiger partial charge is 0.427 e. The molecule has 0 radical (unpaired) electrons. The van der Waals surface area contributed by atoms with E-state index in [0.29, 0.717) is 0 Å². The van der Waals surface area contributed by atoms with Crippen molar-refractivity contribution in [2.24, 2.45) is 5.41 Å². The van der Waals surface area contributed by atoms with Gasteiger partial charge in [-0.2, -0.15) is 0 Å². The van der Waals surface area contributed by atoms with Gasteiger partial charge in [0.25, 0.3) is 0 Å². The van der Waals surface area contributed by atoms with Crippen molar-refractivity contribution in [3.05, 3.63) is 0 Å². The maximum absolute atomic E-state index is 9.20. The molecule has 2 fully saturated rings. The van der Waals surface area contributed by atoms with E-state index in [2.05, 4.69) is 5.32 Å². The Morgan fingerprint density at radius 3 is 2.69 bits per heavy atom. The van der Waals surface area contributed by atoms with Crippen LogP contribution in [-0.4, -0.2) is 31.8 Å². The molecule has 1 unspecified atom stereocenters. The van der Waals surface area contributed by atoms with E-state index < -0.39 is 7.12 Å². The van der Waals surface area contributed by atoms with Gasteiger partial charge in [0.15, 0.2) is 0 Å². The van der Waals surface area contributed by atoms with Gasteiger partial charge in [0.2, 0.25) is 0 Å². The molecule has 2 aliphatic heterocycles. The van der Waals surface area contributed by atoms with E-state index in [1.807, 2.05) is 13.8 Å². The Morgan fingerprint density at radius 1 is 1.46 bits per heavy atom. The minimum absolute atomic E-state index is 0.262. The van der Waals surface area contributed by atoms with Crippen LogP contribution in [0.2, 0.25) is 6.32 Å². The third-order valence-corrected chi connectivity index (χ3v) is 2.75. The highest BCUT2D eigenvalue weighted by Gasteiger charge is 2.42. The first-order chi connectivity index (χ1) is 6.31. The molecule has 4 heteroatoms. The number of piperidine rings is 1. The average Bonchev–Trinajstić information content (AvgIpc) is 2.52. The highest BCUT2D eigenvalue weighted by atomic mass is 16.5. The molecule has 0 aromatic carbocycles. The second kappa shape index (κ2) is 4.98. The Kier molecular flexibility index (Phi) is 4.23. The lowest BCUT2D eigenvalue weighted by atomic mass is 9.69. The molecule has 2 saturated heterocycles. The quantitative estimate of drug-likeness (QED) is 0.550. The number of hydrogen-bond acceptors (Lipinski definition) is 3. The van der Waals surface area contributed by atoms with Gasteiger partial charge in [-0.1, -0.05) is 13.8 Å². The van der Waals surface area contributed by atoms with Crippen molar-refractivity contribution >= 4 is 7.12 Å². The van der Waals surface area contributed by atoms with Gasteiger partial charge in [0.05, 0.1) is 0 Å². The maximum Gasteiger partial charge on any atom is 0.454 e. The molecule has 0 bridgehead atoms. The first-order valence-electron chi connectivity index (χ1n) is 5.31. The summed E-state index contributed by atoms with van der Waals surface area (Å²) in [5.41, 5.74) is 0.262. The van der Waals surface area contributed by atoms with Crippen molar-refractivity contribution in [2.75, 3.05) is 19.7 Å². The van der Waals surface area contributed by atoms with Gasteiger partial charge in [0, 0.05) is 18.6 Å². The molecule has 2 N–H and O–H groups in total. The Balaban J connectivity index is 0.000000396. The van der Waals surface area contributed by atoms with Gasteiger partial charge < -0.3 is 15.0 Å². The Bertz CT molecular complexity index is 143. The lowest BCUT2D eigenvalue weighted by molar-refractivity contribution is 0.165. The summed E-state index contributed by atoms with van der Waals surface area (Å²) >= 11 is 0. The summed E-state index contributed by atoms with van der Waals surface area (Å²) in [7, 11) is -0.505. The molecule has 3 nitrogen and oxygen atoms in total. The molecule has 76 valence electrons. The van der Waals surface area contributed by atoms with E-state index in [0.717, 1.165) is 26.0 Å². The van der Waals surface area contributed by atoms with Crippen LogP contribution in [0, 0.1) is 5.41 Å². The predicted molar refractivity (Wildman–Crippen MR) is 54.6 cm³/mol. The number of hydrogen-bond donors (Lipinski definition) is 2. The van der Waals surface area contributed by atoms with Crippen molar-refractivity contribution in [1.82, 2.24) is 5.32 Å². The lowest BCUT2D eigenvalue weighted by Crippen LogP contribution is -2.40. The zero-order valence-corrected chi connectivity index (χ0v) is 8.68. The summed E-state index contributed by atoms with van der Waals surface area (Å²) in [6.45, 7) is 6.88. The summed E-state index contributed by atoms with van der Waals surface area (Å²) in [5.74, 6) is 0. The van der Waals surface area contributed by atoms with E-state index in [-0.39, 0.29) is 5.41 Å². The van der Waals surface area contributed by atoms with Crippen LogP contribution in [0.15, 0.2) is 0 Å². The normalized spacial score (nSPS) is 33.0. The molecule has 0 aliphatic carbocycles. The van der Waals surface area contributed by atoms with Crippen molar-refractivity contribution in [2.45, 2.75) is 33.0 Å². The Hall–Kier alpha value is -0.0551. The molecule has 0 aromatic heterocycles. The molecular weight excluding hydrogens is 165 g/mol. The van der Waals surface area contributed by atoms with Crippen molar-refractivity contribution in [1.29, 1.82) is 0 Å². The lowest BCUT2D eigenvalue weighted by Gasteiger charge is -2.32. The maximum atomic E-state index is 9.20. The van der Waals surface area contributed by atoms with Gasteiger partial charge in [-0.05, 0) is 25.7 Å². The second-order valence-corrected chi connectivity index (χ2v) is 3.75. The van der Waals surface area contributed by atoms with Crippen molar-refractivity contribution in [3.63, 3.8) is 0 Å². The standard InChI is InChI=1S/C7H14BNO2.C2H6/c10-8-4-7(6-11-8)2-1-3-9-5-7;1-2/h9-10H,1-6H2;1-2H3. The van der Waals surface area contributed by atoms with Crippen LogP contribution in [-0.2, 0) is 4.65 Å². The van der Waals surface area contributed by atoms with Crippen molar-refractivity contribution < 1.29 is 9.68 Å². The first kappa shape index (κ1) is 11.0. The minimum atomic E-state index is -0.505. The summed E-state index contributed by atoms with van der Waals surface area (Å²) in [6, 6.07) is 0. The fourth-order valence-electron chi connectivity index (χ4n) is 2.09. The molecule has 2 rings (SSSR count). The van der Waals surface area contributed by atoms with Crippen molar-refractivity contribution in [3.8, 4) is 0 Å². The average molecular weight is 185 g/mol. The first-order valence-corrected chi connectivity index (χ1v) is 5.31. The van der Waals surface area contributed by atoms with Crippen LogP contribution in [0.4, 0.5) is 0 Å². The van der Waals surface area contributed by atoms with Gasteiger partial charge in [-0.3, -0.25) is 0 Å². The predicted octanol–water partition coefficient (Wildman–Crippen LogP) is 0.893. The molecule has 2 heterocycles. The van der Waals surface area contributed by atoms with Crippen LogP contribution in [0.1, 0.15) is 26.7 Å². The largest absolute Gasteiger partial charge is 0.454 e. The monoisotopic (exact) mass is 185 g/mol.